The largest absolute Gasteiger partial charge is 0.496 e. The summed E-state index contributed by atoms with van der Waals surface area (Å²) >= 11 is 3.47. The summed E-state index contributed by atoms with van der Waals surface area (Å²) < 4.78 is 12.1. The first-order chi connectivity index (χ1) is 11.3. The molecule has 116 valence electrons. The van der Waals surface area contributed by atoms with Crippen LogP contribution in [-0.4, -0.2) is 7.11 Å². The minimum absolute atomic E-state index is 0.576. The first kappa shape index (κ1) is 15.6. The lowest BCUT2D eigenvalue weighted by molar-refractivity contribution is 0.306. The molecule has 3 aromatic rings. The van der Waals surface area contributed by atoms with Crippen molar-refractivity contribution >= 4 is 15.9 Å². The van der Waals surface area contributed by atoms with Crippen molar-refractivity contribution in [2.24, 2.45) is 0 Å². The SMILES string of the molecule is COc1cc(-c2ccc(OCc3ccccc3)cc2)ccc1Br. The number of hydrogen-bond donors (Lipinski definition) is 0. The van der Waals surface area contributed by atoms with Crippen molar-refractivity contribution in [3.63, 3.8) is 0 Å². The lowest BCUT2D eigenvalue weighted by atomic mass is 10.1. The third-order valence-electron chi connectivity index (χ3n) is 3.59. The number of halogens is 1. The van der Waals surface area contributed by atoms with Gasteiger partial charge in [0.05, 0.1) is 11.6 Å². The highest BCUT2D eigenvalue weighted by atomic mass is 79.9. The Labute approximate surface area is 144 Å². The van der Waals surface area contributed by atoms with Crippen molar-refractivity contribution in [2.45, 2.75) is 6.61 Å². The summed E-state index contributed by atoms with van der Waals surface area (Å²) in [5.74, 6) is 1.69. The second-order valence-corrected chi connectivity index (χ2v) is 6.00. The van der Waals surface area contributed by atoms with Crippen molar-refractivity contribution in [1.29, 1.82) is 0 Å². The maximum absolute atomic E-state index is 5.81. The summed E-state index contributed by atoms with van der Waals surface area (Å²) in [6, 6.07) is 24.3. The molecule has 0 radical (unpaired) electrons. The molecule has 0 unspecified atom stereocenters. The van der Waals surface area contributed by atoms with E-state index in [4.69, 9.17) is 9.47 Å². The molecule has 0 fully saturated rings. The topological polar surface area (TPSA) is 18.5 Å². The van der Waals surface area contributed by atoms with Gasteiger partial charge in [-0.15, -0.1) is 0 Å². The smallest absolute Gasteiger partial charge is 0.133 e. The van der Waals surface area contributed by atoms with Gasteiger partial charge in [-0.05, 0) is 56.9 Å². The molecule has 0 saturated heterocycles. The maximum Gasteiger partial charge on any atom is 0.133 e. The summed E-state index contributed by atoms with van der Waals surface area (Å²) in [7, 11) is 1.67. The van der Waals surface area contributed by atoms with Crippen LogP contribution >= 0.6 is 15.9 Å². The summed E-state index contributed by atoms with van der Waals surface area (Å²) in [6.07, 6.45) is 0. The minimum Gasteiger partial charge on any atom is -0.496 e. The van der Waals surface area contributed by atoms with Crippen LogP contribution < -0.4 is 9.47 Å². The van der Waals surface area contributed by atoms with Crippen LogP contribution in [0.1, 0.15) is 5.56 Å². The number of benzene rings is 3. The van der Waals surface area contributed by atoms with E-state index < -0.39 is 0 Å². The first-order valence-corrected chi connectivity index (χ1v) is 8.16. The highest BCUT2D eigenvalue weighted by Gasteiger charge is 2.04. The molecule has 0 atom stereocenters. The van der Waals surface area contributed by atoms with Crippen molar-refractivity contribution < 1.29 is 9.47 Å². The van der Waals surface area contributed by atoms with Gasteiger partial charge in [0.25, 0.3) is 0 Å². The van der Waals surface area contributed by atoms with E-state index in [1.54, 1.807) is 7.11 Å². The number of methoxy groups -OCH3 is 1. The summed E-state index contributed by atoms with van der Waals surface area (Å²) in [4.78, 5) is 0. The van der Waals surface area contributed by atoms with Gasteiger partial charge in [0.2, 0.25) is 0 Å². The van der Waals surface area contributed by atoms with Gasteiger partial charge >= 0.3 is 0 Å². The van der Waals surface area contributed by atoms with Crippen molar-refractivity contribution in [2.75, 3.05) is 7.11 Å². The van der Waals surface area contributed by atoms with Crippen molar-refractivity contribution in [3.05, 3.63) is 82.8 Å². The Balaban J connectivity index is 1.72. The summed E-state index contributed by atoms with van der Waals surface area (Å²) in [6.45, 7) is 0.576. The lowest BCUT2D eigenvalue weighted by Crippen LogP contribution is -1.94. The molecule has 0 amide bonds. The van der Waals surface area contributed by atoms with Gasteiger partial charge in [0.1, 0.15) is 18.1 Å². The molecule has 3 rings (SSSR count). The Kier molecular flexibility index (Phi) is 4.99. The fourth-order valence-electron chi connectivity index (χ4n) is 2.32. The third-order valence-corrected chi connectivity index (χ3v) is 4.24. The van der Waals surface area contributed by atoms with Crippen LogP contribution in [0.3, 0.4) is 0 Å². The van der Waals surface area contributed by atoms with Gasteiger partial charge < -0.3 is 9.47 Å². The Morgan fingerprint density at radius 2 is 1.52 bits per heavy atom. The van der Waals surface area contributed by atoms with E-state index in [1.165, 1.54) is 0 Å². The van der Waals surface area contributed by atoms with Crippen LogP contribution in [0.25, 0.3) is 11.1 Å². The van der Waals surface area contributed by atoms with E-state index in [0.717, 1.165) is 32.7 Å². The van der Waals surface area contributed by atoms with Crippen LogP contribution in [0, 0.1) is 0 Å². The van der Waals surface area contributed by atoms with E-state index in [1.807, 2.05) is 42.5 Å². The van der Waals surface area contributed by atoms with Crippen LogP contribution in [0.2, 0.25) is 0 Å². The van der Waals surface area contributed by atoms with E-state index in [0.29, 0.717) is 6.61 Å². The van der Waals surface area contributed by atoms with Gasteiger partial charge in [0, 0.05) is 0 Å². The lowest BCUT2D eigenvalue weighted by Gasteiger charge is -2.09. The second kappa shape index (κ2) is 7.34. The zero-order valence-corrected chi connectivity index (χ0v) is 14.4. The molecule has 0 aliphatic rings. The van der Waals surface area contributed by atoms with Crippen LogP contribution in [-0.2, 0) is 6.61 Å². The Bertz CT molecular complexity index is 767. The molecule has 0 N–H and O–H groups in total. The molecule has 0 spiro atoms. The molecule has 2 nitrogen and oxygen atoms in total. The van der Waals surface area contributed by atoms with E-state index >= 15 is 0 Å². The van der Waals surface area contributed by atoms with Gasteiger partial charge in [-0.2, -0.15) is 0 Å². The molecule has 0 aliphatic heterocycles. The number of ether oxygens (including phenoxy) is 2. The minimum atomic E-state index is 0.576. The Morgan fingerprint density at radius 1 is 0.826 bits per heavy atom. The highest BCUT2D eigenvalue weighted by Crippen LogP contribution is 2.31. The average Bonchev–Trinajstić information content (AvgIpc) is 2.62. The Morgan fingerprint density at radius 3 is 2.22 bits per heavy atom. The standard InChI is InChI=1S/C20H17BrO2/c1-22-20-13-17(9-12-19(20)21)16-7-10-18(11-8-16)23-14-15-5-3-2-4-6-15/h2-13H,14H2,1H3. The van der Waals surface area contributed by atoms with E-state index in [2.05, 4.69) is 46.3 Å². The van der Waals surface area contributed by atoms with Crippen molar-refractivity contribution in [1.82, 2.24) is 0 Å². The fraction of sp³-hybridized carbons (Fsp3) is 0.100. The van der Waals surface area contributed by atoms with Crippen molar-refractivity contribution in [3.8, 4) is 22.6 Å². The molecule has 0 bridgehead atoms. The van der Waals surface area contributed by atoms with Crippen LogP contribution in [0.4, 0.5) is 0 Å². The molecule has 3 aromatic carbocycles. The van der Waals surface area contributed by atoms with Gasteiger partial charge in [-0.1, -0.05) is 48.5 Å². The molecule has 23 heavy (non-hydrogen) atoms. The molecular formula is C20H17BrO2. The maximum atomic E-state index is 5.81. The van der Waals surface area contributed by atoms with Crippen LogP contribution in [0.5, 0.6) is 11.5 Å². The summed E-state index contributed by atoms with van der Waals surface area (Å²) in [5, 5.41) is 0. The first-order valence-electron chi connectivity index (χ1n) is 7.37. The van der Waals surface area contributed by atoms with Gasteiger partial charge in [0.15, 0.2) is 0 Å². The molecule has 0 aliphatic carbocycles. The Hall–Kier alpha value is -2.26. The van der Waals surface area contributed by atoms with E-state index in [9.17, 15) is 0 Å². The average molecular weight is 369 g/mol. The molecular weight excluding hydrogens is 352 g/mol. The third kappa shape index (κ3) is 3.93. The quantitative estimate of drug-likeness (QED) is 0.574. The molecule has 0 saturated carbocycles. The molecule has 3 heteroatoms. The highest BCUT2D eigenvalue weighted by molar-refractivity contribution is 9.10. The predicted molar refractivity (Wildman–Crippen MR) is 96.9 cm³/mol. The number of hydrogen-bond acceptors (Lipinski definition) is 2. The predicted octanol–water partition coefficient (Wildman–Crippen LogP) is 5.70. The molecule has 0 heterocycles. The van der Waals surface area contributed by atoms with Gasteiger partial charge in [-0.25, -0.2) is 0 Å². The monoisotopic (exact) mass is 368 g/mol. The zero-order valence-electron chi connectivity index (χ0n) is 12.8. The number of rotatable bonds is 5. The fourth-order valence-corrected chi connectivity index (χ4v) is 2.73. The molecule has 0 aromatic heterocycles. The van der Waals surface area contributed by atoms with E-state index in [-0.39, 0.29) is 0 Å². The van der Waals surface area contributed by atoms with Gasteiger partial charge in [-0.3, -0.25) is 0 Å². The second-order valence-electron chi connectivity index (χ2n) is 5.15. The normalized spacial score (nSPS) is 10.3. The summed E-state index contributed by atoms with van der Waals surface area (Å²) in [5.41, 5.74) is 3.40. The van der Waals surface area contributed by atoms with Crippen LogP contribution in [0.15, 0.2) is 77.3 Å². The zero-order chi connectivity index (χ0) is 16.1.